The Morgan fingerprint density at radius 3 is 2.03 bits per heavy atom. The maximum absolute atomic E-state index is 13.1. The van der Waals surface area contributed by atoms with E-state index < -0.39 is 56.7 Å². The van der Waals surface area contributed by atoms with Crippen molar-refractivity contribution in [1.29, 1.82) is 0 Å². The maximum atomic E-state index is 13.1. The molecule has 2 amide bonds. The molecule has 2 aliphatic heterocycles. The number of piperazine rings is 1. The Bertz CT molecular complexity index is 812. The first-order valence-electron chi connectivity index (χ1n) is 10.4. The summed E-state index contributed by atoms with van der Waals surface area (Å²) in [7, 11) is -10.3. The normalized spacial score (nSPS) is 22.9. The summed E-state index contributed by atoms with van der Waals surface area (Å²) < 4.78 is 33.1. The number of epoxide rings is 1. The quantitative estimate of drug-likeness (QED) is 0.130. The van der Waals surface area contributed by atoms with Crippen LogP contribution in [0.4, 0.5) is 0 Å². The fraction of sp³-hybridized carbons (Fsp3) is 0.824. The molecule has 0 aromatic heterocycles. The standard InChI is InChI=1S/C17H31N3O11P2/c1-4-30-16(23)13-12(31-13)14(21)18-11(9-10(2)3)15(22)19-5-7-20(8-6-19)17(32(24,25)26)33(27,28)29/h10-13,17H,4-9H2,1-3H3,(H,18,21)(H2,24,25,26)(H2,27,28,29)/t11-,12-,13-/m0/s1. The number of nitrogens with zero attached hydrogens (tertiary/aromatic N) is 2. The van der Waals surface area contributed by atoms with E-state index in [1.54, 1.807) is 6.92 Å². The average Bonchev–Trinajstić information content (AvgIpc) is 3.46. The first-order chi connectivity index (χ1) is 15.2. The molecule has 0 bridgehead atoms. The molecule has 2 fully saturated rings. The van der Waals surface area contributed by atoms with Crippen molar-refractivity contribution >= 4 is 33.0 Å². The van der Waals surface area contributed by atoms with Crippen molar-refractivity contribution in [2.45, 2.75) is 51.0 Å². The molecule has 0 saturated carbocycles. The summed E-state index contributed by atoms with van der Waals surface area (Å²) in [5, 5.41) is 2.59. The molecule has 5 N–H and O–H groups in total. The highest BCUT2D eigenvalue weighted by Gasteiger charge is 2.52. The molecule has 0 aromatic carbocycles. The highest BCUT2D eigenvalue weighted by molar-refractivity contribution is 7.70. The molecule has 16 heteroatoms. The van der Waals surface area contributed by atoms with E-state index >= 15 is 0 Å². The number of amides is 2. The molecule has 2 heterocycles. The Morgan fingerprint density at radius 1 is 1.03 bits per heavy atom. The Labute approximate surface area is 190 Å². The van der Waals surface area contributed by atoms with E-state index in [4.69, 9.17) is 9.47 Å². The van der Waals surface area contributed by atoms with Gasteiger partial charge in [0.05, 0.1) is 6.61 Å². The summed E-state index contributed by atoms with van der Waals surface area (Å²) in [6.45, 7) is 5.01. The second kappa shape index (κ2) is 10.9. The largest absolute Gasteiger partial charge is 0.464 e. The van der Waals surface area contributed by atoms with Gasteiger partial charge in [-0.15, -0.1) is 0 Å². The van der Waals surface area contributed by atoms with Crippen molar-refractivity contribution < 1.29 is 52.6 Å². The zero-order valence-electron chi connectivity index (χ0n) is 18.6. The molecule has 2 rings (SSSR count). The number of hydrogen-bond donors (Lipinski definition) is 5. The van der Waals surface area contributed by atoms with Crippen LogP contribution in [-0.2, 0) is 33.0 Å². The van der Waals surface area contributed by atoms with Crippen LogP contribution in [0.5, 0.6) is 0 Å². The highest BCUT2D eigenvalue weighted by Crippen LogP contribution is 2.61. The van der Waals surface area contributed by atoms with Crippen molar-refractivity contribution in [3.05, 3.63) is 0 Å². The van der Waals surface area contributed by atoms with Gasteiger partial charge in [-0.1, -0.05) is 13.8 Å². The SMILES string of the molecule is CCOC(=O)[C@H]1O[C@@H]1C(=O)N[C@@H](CC(C)C)C(=O)N1CCN(C(P(=O)(O)O)P(=O)(O)O)CC1. The van der Waals surface area contributed by atoms with Crippen LogP contribution < -0.4 is 5.32 Å². The van der Waals surface area contributed by atoms with Crippen molar-refractivity contribution in [1.82, 2.24) is 15.1 Å². The molecule has 0 radical (unpaired) electrons. The average molecular weight is 515 g/mol. The molecule has 33 heavy (non-hydrogen) atoms. The van der Waals surface area contributed by atoms with Crippen LogP contribution in [-0.4, -0.2) is 104 Å². The molecule has 14 nitrogen and oxygen atoms in total. The second-order valence-corrected chi connectivity index (χ2v) is 12.0. The Kier molecular flexibility index (Phi) is 9.22. The van der Waals surface area contributed by atoms with Crippen molar-refractivity contribution in [2.75, 3.05) is 32.8 Å². The van der Waals surface area contributed by atoms with Crippen molar-refractivity contribution in [3.63, 3.8) is 0 Å². The van der Waals surface area contributed by atoms with Gasteiger partial charge in [0.15, 0.2) is 12.2 Å². The number of esters is 1. The summed E-state index contributed by atoms with van der Waals surface area (Å²) in [5.41, 5.74) is -2.28. The van der Waals surface area contributed by atoms with Gasteiger partial charge in [0, 0.05) is 26.2 Å². The lowest BCUT2D eigenvalue weighted by atomic mass is 10.0. The predicted molar refractivity (Wildman–Crippen MR) is 113 cm³/mol. The van der Waals surface area contributed by atoms with Crippen LogP contribution in [0.15, 0.2) is 0 Å². The van der Waals surface area contributed by atoms with E-state index in [1.807, 2.05) is 13.8 Å². The first-order valence-corrected chi connectivity index (χ1v) is 13.8. The van der Waals surface area contributed by atoms with Crippen molar-refractivity contribution in [2.24, 2.45) is 5.92 Å². The number of ether oxygens (including phenoxy) is 2. The van der Waals surface area contributed by atoms with Crippen molar-refractivity contribution in [3.8, 4) is 0 Å². The van der Waals surface area contributed by atoms with E-state index in [-0.39, 0.29) is 45.1 Å². The monoisotopic (exact) mass is 515 g/mol. The summed E-state index contributed by atoms with van der Waals surface area (Å²) in [6, 6.07) is -0.935. The van der Waals surface area contributed by atoms with Gasteiger partial charge in [-0.05, 0) is 19.3 Å². The van der Waals surface area contributed by atoms with Gasteiger partial charge >= 0.3 is 21.2 Å². The third kappa shape index (κ3) is 7.56. The lowest BCUT2D eigenvalue weighted by Gasteiger charge is -2.40. The number of nitrogens with one attached hydrogen (secondary N) is 1. The topological polar surface area (TPSA) is 207 Å². The number of rotatable bonds is 10. The molecular weight excluding hydrogens is 484 g/mol. The van der Waals surface area contributed by atoms with Gasteiger partial charge in [-0.25, -0.2) is 4.79 Å². The molecule has 0 spiro atoms. The Hall–Kier alpha value is -1.37. The fourth-order valence-electron chi connectivity index (χ4n) is 3.68. The van der Waals surface area contributed by atoms with Gasteiger partial charge < -0.3 is 39.3 Å². The number of carbonyl (C=O) groups excluding carboxylic acids is 3. The number of carbonyl (C=O) groups is 3. The first kappa shape index (κ1) is 27.9. The van der Waals surface area contributed by atoms with Crippen LogP contribution in [0, 0.1) is 5.92 Å². The molecule has 2 saturated heterocycles. The van der Waals surface area contributed by atoms with E-state index in [0.29, 0.717) is 0 Å². The maximum Gasteiger partial charge on any atom is 0.354 e. The zero-order valence-corrected chi connectivity index (χ0v) is 20.4. The minimum atomic E-state index is -5.14. The predicted octanol–water partition coefficient (Wildman–Crippen LogP) is -1.37. The molecule has 0 unspecified atom stereocenters. The minimum Gasteiger partial charge on any atom is -0.464 e. The summed E-state index contributed by atoms with van der Waals surface area (Å²) in [5.74, 6) is -1.72. The summed E-state index contributed by atoms with van der Waals surface area (Å²) in [4.78, 5) is 77.1. The van der Waals surface area contributed by atoms with Crippen LogP contribution in [0.1, 0.15) is 27.2 Å². The lowest BCUT2D eigenvalue weighted by Crippen LogP contribution is -2.57. The van der Waals surface area contributed by atoms with Crippen LogP contribution >= 0.6 is 15.2 Å². The number of hydrogen-bond acceptors (Lipinski definition) is 8. The molecule has 2 aliphatic rings. The van der Waals surface area contributed by atoms with Crippen LogP contribution in [0.2, 0.25) is 0 Å². The summed E-state index contributed by atoms with van der Waals surface area (Å²) >= 11 is 0. The molecular formula is C17H31N3O11P2. The highest BCUT2D eigenvalue weighted by atomic mass is 31.2. The minimum absolute atomic E-state index is 0.0233. The zero-order chi connectivity index (χ0) is 25.1. The summed E-state index contributed by atoms with van der Waals surface area (Å²) in [6.07, 6.45) is -1.77. The third-order valence-corrected chi connectivity index (χ3v) is 8.81. The van der Waals surface area contributed by atoms with Gasteiger partial charge in [0.25, 0.3) is 5.91 Å². The smallest absolute Gasteiger partial charge is 0.354 e. The van der Waals surface area contributed by atoms with Gasteiger partial charge in [-0.3, -0.25) is 23.6 Å². The lowest BCUT2D eigenvalue weighted by molar-refractivity contribution is -0.144. The van der Waals surface area contributed by atoms with E-state index in [1.165, 1.54) is 4.90 Å². The van der Waals surface area contributed by atoms with Gasteiger partial charge in [0.1, 0.15) is 6.04 Å². The second-order valence-electron chi connectivity index (χ2n) is 8.31. The van der Waals surface area contributed by atoms with Gasteiger partial charge in [-0.2, -0.15) is 0 Å². The van der Waals surface area contributed by atoms with E-state index in [9.17, 15) is 43.1 Å². The van der Waals surface area contributed by atoms with Gasteiger partial charge in [0.2, 0.25) is 11.4 Å². The third-order valence-electron chi connectivity index (χ3n) is 5.14. The Morgan fingerprint density at radius 2 is 1.58 bits per heavy atom. The molecule has 3 atom stereocenters. The van der Waals surface area contributed by atoms with Crippen LogP contribution in [0.25, 0.3) is 0 Å². The van der Waals surface area contributed by atoms with Crippen LogP contribution in [0.3, 0.4) is 0 Å². The Balaban J connectivity index is 2.01. The fourth-order valence-corrected chi connectivity index (χ4v) is 6.56. The molecule has 0 aromatic rings. The van der Waals surface area contributed by atoms with E-state index in [2.05, 4.69) is 5.32 Å². The molecule has 0 aliphatic carbocycles. The van der Waals surface area contributed by atoms with E-state index in [0.717, 1.165) is 4.90 Å². The molecule has 190 valence electrons.